The van der Waals surface area contributed by atoms with Gasteiger partial charge in [-0.15, -0.1) is 0 Å². The Morgan fingerprint density at radius 3 is 2.45 bits per heavy atom. The van der Waals surface area contributed by atoms with E-state index < -0.39 is 5.60 Å². The van der Waals surface area contributed by atoms with Crippen molar-refractivity contribution in [2.45, 2.75) is 31.4 Å². The van der Waals surface area contributed by atoms with Crippen molar-refractivity contribution in [3.8, 4) is 0 Å². The lowest BCUT2D eigenvalue weighted by atomic mass is 9.82. The second kappa shape index (κ2) is 6.76. The highest BCUT2D eigenvalue weighted by atomic mass is 35.5. The van der Waals surface area contributed by atoms with Gasteiger partial charge in [0.05, 0.1) is 17.3 Å². The zero-order chi connectivity index (χ0) is 15.6. The Hall–Kier alpha value is -0.790. The Bertz CT molecular complexity index is 494. The van der Waals surface area contributed by atoms with Crippen LogP contribution in [0.3, 0.4) is 0 Å². The summed E-state index contributed by atoms with van der Waals surface area (Å²) in [5.41, 5.74) is 0.0657. The average molecular weight is 326 g/mol. The first-order valence-corrected chi connectivity index (χ1v) is 8.35. The van der Waals surface area contributed by atoms with Gasteiger partial charge in [-0.2, -0.15) is 0 Å². The van der Waals surface area contributed by atoms with Crippen molar-refractivity contribution in [2.75, 3.05) is 39.3 Å². The third-order valence-corrected chi connectivity index (χ3v) is 4.80. The predicted octanol–water partition coefficient (Wildman–Crippen LogP) is 0.499. The van der Waals surface area contributed by atoms with E-state index in [-0.39, 0.29) is 6.04 Å². The number of rotatable bonds is 3. The molecule has 0 aromatic carbocycles. The molecular weight excluding hydrogens is 302 g/mol. The van der Waals surface area contributed by atoms with E-state index in [0.29, 0.717) is 11.0 Å². The predicted molar refractivity (Wildman–Crippen MR) is 86.0 cm³/mol. The molecule has 2 aliphatic rings. The van der Waals surface area contributed by atoms with Gasteiger partial charge in [0.1, 0.15) is 11.0 Å². The second-order valence-electron chi connectivity index (χ2n) is 6.20. The van der Waals surface area contributed by atoms with Crippen LogP contribution in [0.15, 0.2) is 6.07 Å². The third kappa shape index (κ3) is 3.41. The summed E-state index contributed by atoms with van der Waals surface area (Å²) in [7, 11) is 0. The number of halogens is 1. The molecule has 0 bridgehead atoms. The molecule has 3 heterocycles. The molecule has 2 fully saturated rings. The Balaban J connectivity index is 1.97. The standard InChI is InChI=1S/C15H24ClN5O/c1-11-19-12(10-13(16)20-11)14(21-8-6-18-7-9-21)15(22)2-4-17-5-3-15/h10,14,17-18,22H,2-9H2,1H3. The van der Waals surface area contributed by atoms with Gasteiger partial charge in [-0.1, -0.05) is 11.6 Å². The van der Waals surface area contributed by atoms with Gasteiger partial charge in [0, 0.05) is 26.2 Å². The highest BCUT2D eigenvalue weighted by molar-refractivity contribution is 6.29. The maximum Gasteiger partial charge on any atom is 0.133 e. The Kier molecular flexibility index (Phi) is 4.94. The van der Waals surface area contributed by atoms with Crippen molar-refractivity contribution < 1.29 is 5.11 Å². The number of piperidine rings is 1. The van der Waals surface area contributed by atoms with E-state index in [1.807, 2.05) is 6.92 Å². The van der Waals surface area contributed by atoms with Crippen molar-refractivity contribution in [1.29, 1.82) is 0 Å². The molecule has 6 nitrogen and oxygen atoms in total. The van der Waals surface area contributed by atoms with Crippen LogP contribution in [0.1, 0.15) is 30.4 Å². The monoisotopic (exact) mass is 325 g/mol. The van der Waals surface area contributed by atoms with E-state index in [1.165, 1.54) is 0 Å². The van der Waals surface area contributed by atoms with E-state index >= 15 is 0 Å². The lowest BCUT2D eigenvalue weighted by molar-refractivity contribution is -0.0744. The van der Waals surface area contributed by atoms with Crippen LogP contribution in [-0.4, -0.2) is 64.8 Å². The van der Waals surface area contributed by atoms with Crippen LogP contribution >= 0.6 is 11.6 Å². The number of nitrogens with one attached hydrogen (secondary N) is 2. The number of aromatic nitrogens is 2. The molecule has 0 spiro atoms. The number of aliphatic hydroxyl groups is 1. The van der Waals surface area contributed by atoms with Crippen molar-refractivity contribution in [3.05, 3.63) is 22.7 Å². The molecule has 1 aromatic heterocycles. The van der Waals surface area contributed by atoms with Gasteiger partial charge in [-0.3, -0.25) is 4.90 Å². The summed E-state index contributed by atoms with van der Waals surface area (Å²) in [6.07, 6.45) is 1.45. The number of nitrogens with zero attached hydrogens (tertiary/aromatic N) is 3. The lowest BCUT2D eigenvalue weighted by Gasteiger charge is -2.46. The fourth-order valence-corrected chi connectivity index (χ4v) is 3.80. The zero-order valence-electron chi connectivity index (χ0n) is 13.0. The molecule has 1 atom stereocenters. The molecule has 0 saturated carbocycles. The van der Waals surface area contributed by atoms with Crippen LogP contribution in [0.2, 0.25) is 5.15 Å². The number of piperazine rings is 1. The molecular formula is C15H24ClN5O. The highest BCUT2D eigenvalue weighted by Crippen LogP contribution is 2.37. The molecule has 3 rings (SSSR count). The van der Waals surface area contributed by atoms with Crippen molar-refractivity contribution in [2.24, 2.45) is 0 Å². The summed E-state index contributed by atoms with van der Waals surface area (Å²) in [5.74, 6) is 0.653. The molecule has 7 heteroatoms. The minimum absolute atomic E-state index is 0.129. The number of hydrogen-bond acceptors (Lipinski definition) is 6. The van der Waals surface area contributed by atoms with Crippen LogP contribution in [0.25, 0.3) is 0 Å². The summed E-state index contributed by atoms with van der Waals surface area (Å²) < 4.78 is 0. The third-order valence-electron chi connectivity index (χ3n) is 4.60. The van der Waals surface area contributed by atoms with Gasteiger partial charge in [0.2, 0.25) is 0 Å². The van der Waals surface area contributed by atoms with Crippen LogP contribution in [0, 0.1) is 6.92 Å². The zero-order valence-corrected chi connectivity index (χ0v) is 13.7. The van der Waals surface area contributed by atoms with E-state index in [2.05, 4.69) is 25.5 Å². The summed E-state index contributed by atoms with van der Waals surface area (Å²) >= 11 is 6.14. The molecule has 2 aliphatic heterocycles. The minimum Gasteiger partial charge on any atom is -0.388 e. The highest BCUT2D eigenvalue weighted by Gasteiger charge is 2.43. The van der Waals surface area contributed by atoms with Crippen LogP contribution in [-0.2, 0) is 0 Å². The van der Waals surface area contributed by atoms with Gasteiger partial charge >= 0.3 is 0 Å². The molecule has 0 radical (unpaired) electrons. The van der Waals surface area contributed by atoms with E-state index in [9.17, 15) is 5.11 Å². The number of hydrogen-bond donors (Lipinski definition) is 3. The SMILES string of the molecule is Cc1nc(Cl)cc(C(N2CCNCC2)C2(O)CCNCC2)n1. The fraction of sp³-hybridized carbons (Fsp3) is 0.733. The van der Waals surface area contributed by atoms with Gasteiger partial charge < -0.3 is 15.7 Å². The van der Waals surface area contributed by atoms with Gasteiger partial charge in [0.25, 0.3) is 0 Å². The van der Waals surface area contributed by atoms with Crippen LogP contribution in [0.5, 0.6) is 0 Å². The molecule has 1 aromatic rings. The summed E-state index contributed by atoms with van der Waals surface area (Å²) in [6, 6.07) is 1.68. The quantitative estimate of drug-likeness (QED) is 0.703. The minimum atomic E-state index is -0.771. The fourth-order valence-electron chi connectivity index (χ4n) is 3.57. The molecule has 122 valence electrons. The van der Waals surface area contributed by atoms with Crippen molar-refractivity contribution in [1.82, 2.24) is 25.5 Å². The van der Waals surface area contributed by atoms with E-state index in [4.69, 9.17) is 11.6 Å². The Morgan fingerprint density at radius 2 is 1.82 bits per heavy atom. The molecule has 3 N–H and O–H groups in total. The Labute approximate surface area is 136 Å². The topological polar surface area (TPSA) is 73.3 Å². The Morgan fingerprint density at radius 1 is 1.18 bits per heavy atom. The molecule has 0 amide bonds. The van der Waals surface area contributed by atoms with Gasteiger partial charge in [-0.25, -0.2) is 9.97 Å². The molecule has 22 heavy (non-hydrogen) atoms. The maximum absolute atomic E-state index is 11.3. The second-order valence-corrected chi connectivity index (χ2v) is 6.59. The van der Waals surface area contributed by atoms with Gasteiger partial charge in [-0.05, 0) is 38.9 Å². The largest absolute Gasteiger partial charge is 0.388 e. The first-order valence-electron chi connectivity index (χ1n) is 7.97. The average Bonchev–Trinajstić information content (AvgIpc) is 2.48. The smallest absolute Gasteiger partial charge is 0.133 e. The summed E-state index contributed by atoms with van der Waals surface area (Å²) in [5, 5.41) is 18.4. The summed E-state index contributed by atoms with van der Waals surface area (Å²) in [6.45, 7) is 7.18. The lowest BCUT2D eigenvalue weighted by Crippen LogP contribution is -2.56. The molecule has 0 aliphatic carbocycles. The molecule has 1 unspecified atom stereocenters. The van der Waals surface area contributed by atoms with E-state index in [1.54, 1.807) is 6.07 Å². The van der Waals surface area contributed by atoms with E-state index in [0.717, 1.165) is 57.8 Å². The van der Waals surface area contributed by atoms with Gasteiger partial charge in [0.15, 0.2) is 0 Å². The normalized spacial score (nSPS) is 24.1. The van der Waals surface area contributed by atoms with Crippen molar-refractivity contribution >= 4 is 11.6 Å². The van der Waals surface area contributed by atoms with Crippen LogP contribution in [0.4, 0.5) is 0 Å². The first kappa shape index (κ1) is 16.1. The molecule has 2 saturated heterocycles. The number of aryl methyl sites for hydroxylation is 1. The maximum atomic E-state index is 11.3. The van der Waals surface area contributed by atoms with Crippen LogP contribution < -0.4 is 10.6 Å². The first-order chi connectivity index (χ1) is 10.6. The van der Waals surface area contributed by atoms with Crippen molar-refractivity contribution in [3.63, 3.8) is 0 Å². The summed E-state index contributed by atoms with van der Waals surface area (Å²) in [4.78, 5) is 11.1.